The molecule has 1 fully saturated rings. The lowest BCUT2D eigenvalue weighted by molar-refractivity contribution is -0.327. The Bertz CT molecular complexity index is 970. The second-order valence-electron chi connectivity index (χ2n) is 8.36. The molecule has 0 amide bonds. The van der Waals surface area contributed by atoms with Gasteiger partial charge in [0.1, 0.15) is 30.2 Å². The molecule has 7 atom stereocenters. The first-order valence-corrected chi connectivity index (χ1v) is 11.3. The van der Waals surface area contributed by atoms with E-state index < -0.39 is 61.5 Å². The molecule has 3 rings (SSSR count). The van der Waals surface area contributed by atoms with Crippen LogP contribution in [0.15, 0.2) is 47.7 Å². The van der Waals surface area contributed by atoms with Gasteiger partial charge in [-0.25, -0.2) is 4.79 Å². The molecular formula is C24H30O12. The minimum absolute atomic E-state index is 0.0366. The summed E-state index contributed by atoms with van der Waals surface area (Å²) >= 11 is 0. The average Bonchev–Trinajstić information content (AvgIpc) is 2.85. The molecule has 6 N–H and O–H groups in total. The fourth-order valence-electron chi connectivity index (χ4n) is 3.99. The molecule has 0 radical (unpaired) electrons. The maximum Gasteiger partial charge on any atom is 0.335 e. The highest BCUT2D eigenvalue weighted by molar-refractivity contribution is 5.89. The van der Waals surface area contributed by atoms with Gasteiger partial charge in [-0.3, -0.25) is 4.79 Å². The highest BCUT2D eigenvalue weighted by Gasteiger charge is 2.46. The van der Waals surface area contributed by atoms with Crippen molar-refractivity contribution in [3.63, 3.8) is 0 Å². The molecule has 0 spiro atoms. The molecule has 36 heavy (non-hydrogen) atoms. The Hall–Kier alpha value is -3.00. The van der Waals surface area contributed by atoms with Gasteiger partial charge in [0.25, 0.3) is 0 Å². The second kappa shape index (κ2) is 12.3. The van der Waals surface area contributed by atoms with Crippen LogP contribution in [-0.4, -0.2) is 92.8 Å². The van der Waals surface area contributed by atoms with Crippen molar-refractivity contribution >= 4 is 11.9 Å². The Labute approximate surface area is 206 Å². The van der Waals surface area contributed by atoms with Crippen molar-refractivity contribution in [1.29, 1.82) is 0 Å². The first kappa shape index (κ1) is 27.6. The summed E-state index contributed by atoms with van der Waals surface area (Å²) in [6.07, 6.45) is -6.52. The normalized spacial score (nSPS) is 31.4. The number of carboxylic acids is 1. The largest absolute Gasteiger partial charge is 0.508 e. The van der Waals surface area contributed by atoms with E-state index in [0.717, 1.165) is 11.8 Å². The third-order valence-corrected chi connectivity index (χ3v) is 6.02. The molecule has 1 aromatic rings. The van der Waals surface area contributed by atoms with E-state index in [1.165, 1.54) is 18.2 Å². The van der Waals surface area contributed by atoms with Crippen LogP contribution in [0.2, 0.25) is 0 Å². The fourth-order valence-corrected chi connectivity index (χ4v) is 3.99. The number of aliphatic hydroxyl groups excluding tert-OH is 4. The number of aliphatic hydroxyl groups is 4. The van der Waals surface area contributed by atoms with E-state index >= 15 is 0 Å². The van der Waals surface area contributed by atoms with Gasteiger partial charge in [-0.2, -0.15) is 0 Å². The molecule has 198 valence electrons. The van der Waals surface area contributed by atoms with Crippen LogP contribution in [0.5, 0.6) is 5.75 Å². The summed E-state index contributed by atoms with van der Waals surface area (Å²) in [5.41, 5.74) is 0.856. The summed E-state index contributed by atoms with van der Waals surface area (Å²) in [4.78, 5) is 24.4. The molecule has 1 aromatic carbocycles. The van der Waals surface area contributed by atoms with Crippen molar-refractivity contribution in [2.45, 2.75) is 56.8 Å². The Balaban J connectivity index is 1.68. The summed E-state index contributed by atoms with van der Waals surface area (Å²) in [6.45, 7) is 0.958. The SMILES string of the molecule is C/C=C1/[C@H](O[C@@H]2O[C@H](CO)[C@@H](O)[C@H](O)[C@H]2O)OC=C(C(=O)O)[C@H]1CC(=O)OCCc1ccc(O)cc1. The monoisotopic (exact) mass is 510 g/mol. The van der Waals surface area contributed by atoms with E-state index in [0.29, 0.717) is 6.42 Å². The van der Waals surface area contributed by atoms with Gasteiger partial charge in [0, 0.05) is 17.9 Å². The van der Waals surface area contributed by atoms with Crippen LogP contribution < -0.4 is 0 Å². The van der Waals surface area contributed by atoms with Gasteiger partial charge in [-0.15, -0.1) is 0 Å². The minimum atomic E-state index is -1.70. The number of phenolic OH excluding ortho intramolecular Hbond substituents is 1. The Morgan fingerprint density at radius 3 is 2.39 bits per heavy atom. The van der Waals surface area contributed by atoms with Crippen LogP contribution in [-0.2, 0) is 35.0 Å². The van der Waals surface area contributed by atoms with E-state index in [1.807, 2.05) is 0 Å². The summed E-state index contributed by atoms with van der Waals surface area (Å²) in [7, 11) is 0. The highest BCUT2D eigenvalue weighted by atomic mass is 16.8. The van der Waals surface area contributed by atoms with Crippen LogP contribution in [0, 0.1) is 5.92 Å². The smallest absolute Gasteiger partial charge is 0.335 e. The standard InChI is InChI=1S/C24H30O12/c1-2-14-15(9-18(27)33-8-7-12-3-5-13(26)6-4-12)16(22(31)32)11-34-23(14)36-24-21(30)20(29)19(28)17(10-25)35-24/h2-6,11,15,17,19-21,23-26,28-30H,7-10H2,1H3,(H,31,32)/b14-2+/t15-,17+,19+,20-,21+,23-,24-/m0/s1. The quantitative estimate of drug-likeness (QED) is 0.186. The van der Waals surface area contributed by atoms with E-state index in [1.54, 1.807) is 19.1 Å². The van der Waals surface area contributed by atoms with Crippen molar-refractivity contribution in [3.8, 4) is 5.75 Å². The van der Waals surface area contributed by atoms with Crippen LogP contribution in [0.4, 0.5) is 0 Å². The van der Waals surface area contributed by atoms with Crippen molar-refractivity contribution in [3.05, 3.63) is 53.3 Å². The number of phenols is 1. The van der Waals surface area contributed by atoms with Crippen molar-refractivity contribution in [2.24, 2.45) is 5.92 Å². The number of rotatable bonds is 9. The van der Waals surface area contributed by atoms with Gasteiger partial charge >= 0.3 is 11.9 Å². The average molecular weight is 510 g/mol. The number of carbonyl (C=O) groups is 2. The van der Waals surface area contributed by atoms with Gasteiger partial charge in [-0.1, -0.05) is 18.2 Å². The first-order chi connectivity index (χ1) is 17.2. The topological polar surface area (TPSA) is 192 Å². The zero-order valence-corrected chi connectivity index (χ0v) is 19.5. The number of allylic oxidation sites excluding steroid dienone is 1. The summed E-state index contributed by atoms with van der Waals surface area (Å²) in [5, 5.41) is 58.5. The molecule has 12 nitrogen and oxygen atoms in total. The Kier molecular flexibility index (Phi) is 9.43. The van der Waals surface area contributed by atoms with Crippen LogP contribution in [0.1, 0.15) is 18.9 Å². The number of hydrogen-bond donors (Lipinski definition) is 6. The third kappa shape index (κ3) is 6.40. The maximum absolute atomic E-state index is 12.6. The molecule has 0 unspecified atom stereocenters. The molecule has 2 heterocycles. The Morgan fingerprint density at radius 1 is 1.08 bits per heavy atom. The lowest BCUT2D eigenvalue weighted by atomic mass is 9.86. The molecule has 2 aliphatic heterocycles. The zero-order chi connectivity index (χ0) is 26.4. The predicted octanol–water partition coefficient (Wildman–Crippen LogP) is -0.428. The molecule has 12 heteroatoms. The molecule has 1 saturated heterocycles. The number of aliphatic carboxylic acids is 1. The lowest BCUT2D eigenvalue weighted by Gasteiger charge is -2.41. The van der Waals surface area contributed by atoms with Gasteiger partial charge in [0.2, 0.25) is 6.29 Å². The molecular weight excluding hydrogens is 480 g/mol. The maximum atomic E-state index is 12.6. The Morgan fingerprint density at radius 2 is 1.78 bits per heavy atom. The van der Waals surface area contributed by atoms with E-state index in [2.05, 4.69) is 0 Å². The molecule has 0 bridgehead atoms. The number of carbonyl (C=O) groups excluding carboxylic acids is 1. The van der Waals surface area contributed by atoms with Gasteiger partial charge in [-0.05, 0) is 24.6 Å². The van der Waals surface area contributed by atoms with Crippen molar-refractivity contribution in [2.75, 3.05) is 13.2 Å². The zero-order valence-electron chi connectivity index (χ0n) is 19.5. The molecule has 0 aliphatic carbocycles. The van der Waals surface area contributed by atoms with E-state index in [9.17, 15) is 40.2 Å². The van der Waals surface area contributed by atoms with E-state index in [-0.39, 0.29) is 29.9 Å². The van der Waals surface area contributed by atoms with Crippen LogP contribution in [0.25, 0.3) is 0 Å². The minimum Gasteiger partial charge on any atom is -0.508 e. The van der Waals surface area contributed by atoms with Crippen molar-refractivity contribution < 1.29 is 59.2 Å². The number of benzene rings is 1. The van der Waals surface area contributed by atoms with Gasteiger partial charge in [0.05, 0.1) is 31.5 Å². The predicted molar refractivity (Wildman–Crippen MR) is 120 cm³/mol. The second-order valence-corrected chi connectivity index (χ2v) is 8.36. The van der Waals surface area contributed by atoms with E-state index in [4.69, 9.17) is 18.9 Å². The summed E-state index contributed by atoms with van der Waals surface area (Å²) < 4.78 is 21.6. The summed E-state index contributed by atoms with van der Waals surface area (Å²) in [5.74, 6) is -2.86. The van der Waals surface area contributed by atoms with Gasteiger partial charge in [0.15, 0.2) is 6.29 Å². The number of aromatic hydroxyl groups is 1. The van der Waals surface area contributed by atoms with Gasteiger partial charge < -0.3 is 49.6 Å². The molecule has 0 aromatic heterocycles. The van der Waals surface area contributed by atoms with Crippen molar-refractivity contribution in [1.82, 2.24) is 0 Å². The fraction of sp³-hybridized carbons (Fsp3) is 0.500. The molecule has 2 aliphatic rings. The lowest BCUT2D eigenvalue weighted by Crippen LogP contribution is -2.60. The van der Waals surface area contributed by atoms with Crippen LogP contribution in [0.3, 0.4) is 0 Å². The van der Waals surface area contributed by atoms with Crippen LogP contribution >= 0.6 is 0 Å². The number of esters is 1. The summed E-state index contributed by atoms with van der Waals surface area (Å²) in [6, 6.07) is 6.39. The number of carboxylic acid groups (broad SMARTS) is 1. The molecule has 0 saturated carbocycles. The third-order valence-electron chi connectivity index (χ3n) is 6.02. The number of hydrogen-bond acceptors (Lipinski definition) is 11. The number of ether oxygens (including phenoxy) is 4. The first-order valence-electron chi connectivity index (χ1n) is 11.3. The highest BCUT2D eigenvalue weighted by Crippen LogP contribution is 2.35.